The lowest BCUT2D eigenvalue weighted by Crippen LogP contribution is -2.18. The second-order valence-electron chi connectivity index (χ2n) is 9.58. The van der Waals surface area contributed by atoms with Gasteiger partial charge in [-0.1, -0.05) is 12.1 Å². The van der Waals surface area contributed by atoms with Crippen LogP contribution in [0.2, 0.25) is 0 Å². The van der Waals surface area contributed by atoms with Crippen molar-refractivity contribution in [1.82, 2.24) is 24.5 Å². The number of pyridine rings is 3. The SMILES string of the molecule is COc1ccc(N=c2ncc3cc(-c4cc(-c5c(C(F)(F)F)ccnc5C(N)=O)ccc4C)c4n(c-3n2)CCN4)cn1. The summed E-state index contributed by atoms with van der Waals surface area (Å²) < 4.78 is 49.1. The number of ether oxygens (including phenoxy) is 1. The number of nitrogens with one attached hydrogen (secondary N) is 1. The molecule has 212 valence electrons. The van der Waals surface area contributed by atoms with Crippen LogP contribution >= 0.6 is 0 Å². The number of nitrogens with zero attached hydrogens (tertiary/aromatic N) is 6. The number of halogens is 3. The maximum Gasteiger partial charge on any atom is 0.417 e. The monoisotopic (exact) mass is 572 g/mol. The van der Waals surface area contributed by atoms with Gasteiger partial charge in [0.25, 0.3) is 11.5 Å². The zero-order valence-electron chi connectivity index (χ0n) is 22.4. The number of primary amides is 1. The van der Waals surface area contributed by atoms with Gasteiger partial charge in [-0.05, 0) is 47.9 Å². The second-order valence-corrected chi connectivity index (χ2v) is 9.58. The molecule has 0 atom stereocenters. The standard InChI is InChI=1S/C29H23F3N8O2/c1-15-3-4-16(23-21(29(30,31)32)7-8-34-24(23)25(33)41)11-19(15)20-12-17-13-37-28(38-18-5-6-22(42-2)36-14-18)39-26(17)40-10-9-35-27(20)40/h3-8,11-14,35H,9-10H2,1-2H3,(H2,33,41). The molecule has 3 N–H and O–H groups in total. The van der Waals surface area contributed by atoms with Crippen molar-refractivity contribution < 1.29 is 22.7 Å². The van der Waals surface area contributed by atoms with Gasteiger partial charge in [-0.15, -0.1) is 0 Å². The van der Waals surface area contributed by atoms with Gasteiger partial charge in [-0.25, -0.2) is 15.0 Å². The molecule has 2 aromatic heterocycles. The average Bonchev–Trinajstić information content (AvgIpc) is 3.47. The smallest absolute Gasteiger partial charge is 0.417 e. The van der Waals surface area contributed by atoms with Gasteiger partial charge >= 0.3 is 6.18 Å². The van der Waals surface area contributed by atoms with Crippen molar-refractivity contribution in [1.29, 1.82) is 0 Å². The molecule has 3 aliphatic heterocycles. The van der Waals surface area contributed by atoms with Crippen LogP contribution in [-0.2, 0) is 12.7 Å². The summed E-state index contributed by atoms with van der Waals surface area (Å²) in [6, 6.07) is 11.0. The molecular formula is C29H23F3N8O2. The number of hydrogen-bond donors (Lipinski definition) is 2. The zero-order valence-corrected chi connectivity index (χ0v) is 22.4. The lowest BCUT2D eigenvalue weighted by molar-refractivity contribution is -0.137. The van der Waals surface area contributed by atoms with Crippen LogP contribution in [0, 0.1) is 6.92 Å². The van der Waals surface area contributed by atoms with E-state index in [4.69, 9.17) is 10.5 Å². The maximum absolute atomic E-state index is 14.0. The lowest BCUT2D eigenvalue weighted by Gasteiger charge is -2.20. The van der Waals surface area contributed by atoms with E-state index < -0.39 is 23.3 Å². The molecular weight excluding hydrogens is 549 g/mol. The number of aryl methyl sites for hydroxylation is 1. The van der Waals surface area contributed by atoms with Crippen molar-refractivity contribution in [3.63, 3.8) is 0 Å². The number of amides is 1. The Morgan fingerprint density at radius 1 is 1.05 bits per heavy atom. The minimum absolute atomic E-state index is 0.167. The Morgan fingerprint density at radius 3 is 2.57 bits per heavy atom. The van der Waals surface area contributed by atoms with Gasteiger partial charge in [0.15, 0.2) is 0 Å². The molecule has 10 nitrogen and oxygen atoms in total. The predicted octanol–water partition coefficient (Wildman–Crippen LogP) is 4.60. The van der Waals surface area contributed by atoms with Crippen molar-refractivity contribution in [3.05, 3.63) is 83.5 Å². The summed E-state index contributed by atoms with van der Waals surface area (Å²) in [5.74, 6) is 0.802. The molecule has 6 rings (SSSR count). The van der Waals surface area contributed by atoms with Gasteiger partial charge in [0.2, 0.25) is 5.88 Å². The number of nitrogens with two attached hydrogens (primary N) is 1. The van der Waals surface area contributed by atoms with E-state index >= 15 is 0 Å². The molecule has 0 radical (unpaired) electrons. The van der Waals surface area contributed by atoms with Crippen molar-refractivity contribution in [2.75, 3.05) is 19.0 Å². The molecule has 0 unspecified atom stereocenters. The van der Waals surface area contributed by atoms with Crippen LogP contribution in [0.25, 0.3) is 33.6 Å². The number of methoxy groups -OCH3 is 1. The summed E-state index contributed by atoms with van der Waals surface area (Å²) in [6.45, 7) is 3.08. The highest BCUT2D eigenvalue weighted by Gasteiger charge is 2.36. The number of anilines is 1. The lowest BCUT2D eigenvalue weighted by atomic mass is 9.91. The van der Waals surface area contributed by atoms with Crippen LogP contribution in [0.4, 0.5) is 24.7 Å². The summed E-state index contributed by atoms with van der Waals surface area (Å²) in [5.41, 5.74) is 7.54. The first-order valence-electron chi connectivity index (χ1n) is 12.8. The molecule has 0 spiro atoms. The third-order valence-electron chi connectivity index (χ3n) is 6.96. The van der Waals surface area contributed by atoms with Crippen LogP contribution in [0.15, 0.2) is 66.0 Å². The number of carbonyl (C=O) groups excluding carboxylic acids is 1. The largest absolute Gasteiger partial charge is 0.481 e. The average molecular weight is 573 g/mol. The second kappa shape index (κ2) is 10.3. The number of aromatic nitrogens is 5. The van der Waals surface area contributed by atoms with Gasteiger partial charge in [-0.3, -0.25) is 9.78 Å². The van der Waals surface area contributed by atoms with Crippen molar-refractivity contribution in [2.45, 2.75) is 19.6 Å². The molecule has 1 amide bonds. The van der Waals surface area contributed by atoms with Crippen molar-refractivity contribution >= 4 is 17.4 Å². The topological polar surface area (TPSA) is 133 Å². The quantitative estimate of drug-likeness (QED) is 0.315. The summed E-state index contributed by atoms with van der Waals surface area (Å²) in [6.07, 6.45) is -0.581. The van der Waals surface area contributed by atoms with E-state index in [1.165, 1.54) is 13.2 Å². The molecule has 0 saturated heterocycles. The summed E-state index contributed by atoms with van der Waals surface area (Å²) in [5, 5.41) is 3.37. The first kappa shape index (κ1) is 26.9. The van der Waals surface area contributed by atoms with Gasteiger partial charge in [0.1, 0.15) is 17.3 Å². The molecule has 0 fully saturated rings. The summed E-state index contributed by atoms with van der Waals surface area (Å²) in [4.78, 5) is 33.7. The molecule has 1 aromatic carbocycles. The zero-order chi connectivity index (χ0) is 29.6. The Kier molecular flexibility index (Phi) is 6.56. The van der Waals surface area contributed by atoms with E-state index in [9.17, 15) is 18.0 Å². The highest BCUT2D eigenvalue weighted by Crippen LogP contribution is 2.42. The van der Waals surface area contributed by atoms with Gasteiger partial charge in [0, 0.05) is 48.2 Å². The summed E-state index contributed by atoms with van der Waals surface area (Å²) >= 11 is 0. The van der Waals surface area contributed by atoms with Crippen LogP contribution in [0.5, 0.6) is 5.88 Å². The van der Waals surface area contributed by atoms with Gasteiger partial charge in [0.05, 0.1) is 24.6 Å². The Labute approximate surface area is 237 Å². The number of alkyl halides is 3. The summed E-state index contributed by atoms with van der Waals surface area (Å²) in [7, 11) is 1.53. The third-order valence-corrected chi connectivity index (χ3v) is 6.96. The van der Waals surface area contributed by atoms with Crippen LogP contribution in [0.3, 0.4) is 0 Å². The molecule has 3 aliphatic rings. The highest BCUT2D eigenvalue weighted by molar-refractivity contribution is 5.99. The Hall–Kier alpha value is -5.33. The molecule has 3 aromatic rings. The normalized spacial score (nSPS) is 13.2. The van der Waals surface area contributed by atoms with Crippen molar-refractivity contribution in [2.24, 2.45) is 10.7 Å². The number of hydrogen-bond acceptors (Lipinski definition) is 8. The molecule has 0 bridgehead atoms. The number of fused-ring (bicyclic) bond motifs is 3. The fourth-order valence-corrected chi connectivity index (χ4v) is 5.04. The fraction of sp³-hybridized carbons (Fsp3) is 0.172. The molecule has 0 aliphatic carbocycles. The van der Waals surface area contributed by atoms with E-state index in [0.29, 0.717) is 41.6 Å². The Bertz CT molecular complexity index is 1880. The van der Waals surface area contributed by atoms with Crippen molar-refractivity contribution in [3.8, 4) is 39.5 Å². The van der Waals surface area contributed by atoms with E-state index in [1.54, 1.807) is 36.7 Å². The molecule has 5 heterocycles. The van der Waals surface area contributed by atoms with E-state index in [1.807, 2.05) is 17.6 Å². The number of rotatable bonds is 5. The molecule has 42 heavy (non-hydrogen) atoms. The van der Waals surface area contributed by atoms with Crippen LogP contribution in [-0.4, -0.2) is 44.1 Å². The van der Waals surface area contributed by atoms with E-state index in [-0.39, 0.29) is 16.7 Å². The molecule has 13 heteroatoms. The third kappa shape index (κ3) is 4.78. The first-order valence-corrected chi connectivity index (χ1v) is 12.8. The highest BCUT2D eigenvalue weighted by atomic mass is 19.4. The minimum atomic E-state index is -4.73. The first-order chi connectivity index (χ1) is 20.1. The predicted molar refractivity (Wildman–Crippen MR) is 148 cm³/mol. The fourth-order valence-electron chi connectivity index (χ4n) is 5.04. The van der Waals surface area contributed by atoms with E-state index in [2.05, 4.69) is 30.2 Å². The van der Waals surface area contributed by atoms with Gasteiger partial charge < -0.3 is 20.4 Å². The number of benzene rings is 1. The maximum atomic E-state index is 14.0. The van der Waals surface area contributed by atoms with E-state index in [0.717, 1.165) is 29.2 Å². The molecule has 0 saturated carbocycles. The Balaban J connectivity index is 1.51. The minimum Gasteiger partial charge on any atom is -0.481 e. The van der Waals surface area contributed by atoms with Crippen LogP contribution in [0.1, 0.15) is 21.6 Å². The Morgan fingerprint density at radius 2 is 1.86 bits per heavy atom. The van der Waals surface area contributed by atoms with Gasteiger partial charge in [-0.2, -0.15) is 18.2 Å². The number of carbonyl (C=O) groups is 1. The van der Waals surface area contributed by atoms with Crippen LogP contribution < -0.4 is 21.4 Å².